The number of halogens is 3. The molecule has 1 fully saturated rings. The number of pyridine rings is 1. The number of aromatic nitrogens is 4. The molecule has 10 heteroatoms. The molecule has 4 heterocycles. The van der Waals surface area contributed by atoms with E-state index in [2.05, 4.69) is 10.1 Å². The van der Waals surface area contributed by atoms with Crippen LogP contribution in [0.25, 0.3) is 0 Å². The maximum atomic E-state index is 12.9. The molecule has 150 valence electrons. The van der Waals surface area contributed by atoms with Crippen molar-refractivity contribution in [2.24, 2.45) is 0 Å². The molecule has 2 aromatic rings. The summed E-state index contributed by atoms with van der Waals surface area (Å²) in [5.74, 6) is 0.439. The zero-order chi connectivity index (χ0) is 19.9. The van der Waals surface area contributed by atoms with Gasteiger partial charge in [0.2, 0.25) is 5.91 Å². The first-order valence-electron chi connectivity index (χ1n) is 9.33. The number of fused-ring (bicyclic) bond motifs is 1. The van der Waals surface area contributed by atoms with Crippen molar-refractivity contribution in [1.29, 1.82) is 0 Å². The molecule has 7 nitrogen and oxygen atoms in total. The number of likely N-dealkylation sites (tertiary alicyclic amines) is 1. The van der Waals surface area contributed by atoms with Crippen LogP contribution in [0.15, 0.2) is 23.3 Å². The van der Waals surface area contributed by atoms with Crippen molar-refractivity contribution in [3.05, 3.63) is 45.9 Å². The van der Waals surface area contributed by atoms with Crippen molar-refractivity contribution >= 4 is 5.91 Å². The largest absolute Gasteiger partial charge is 0.417 e. The second-order valence-corrected chi connectivity index (χ2v) is 7.25. The molecule has 28 heavy (non-hydrogen) atoms. The summed E-state index contributed by atoms with van der Waals surface area (Å²) >= 11 is 0. The van der Waals surface area contributed by atoms with Gasteiger partial charge in [0, 0.05) is 31.9 Å². The van der Waals surface area contributed by atoms with Crippen molar-refractivity contribution < 1.29 is 18.0 Å². The highest BCUT2D eigenvalue weighted by atomic mass is 19.4. The molecule has 0 radical (unpaired) electrons. The number of aryl methyl sites for hydroxylation is 1. The van der Waals surface area contributed by atoms with E-state index in [1.807, 2.05) is 0 Å². The summed E-state index contributed by atoms with van der Waals surface area (Å²) in [5, 5.41) is 4.28. The van der Waals surface area contributed by atoms with Gasteiger partial charge in [0.1, 0.15) is 11.9 Å². The maximum absolute atomic E-state index is 12.9. The van der Waals surface area contributed by atoms with Crippen LogP contribution in [0, 0.1) is 0 Å². The van der Waals surface area contributed by atoms with Crippen LogP contribution in [0.2, 0.25) is 0 Å². The van der Waals surface area contributed by atoms with E-state index in [9.17, 15) is 22.8 Å². The average molecular weight is 395 g/mol. The predicted octanol–water partition coefficient (Wildman–Crippen LogP) is 2.01. The topological polar surface area (TPSA) is 73.0 Å². The number of amides is 1. The quantitative estimate of drug-likeness (QED) is 0.797. The minimum atomic E-state index is -4.51. The molecule has 2 aromatic heterocycles. The number of rotatable bonds is 3. The number of carbonyl (C=O) groups is 1. The molecule has 0 spiro atoms. The third-order valence-corrected chi connectivity index (χ3v) is 5.29. The lowest BCUT2D eigenvalue weighted by molar-refractivity contribution is -0.138. The van der Waals surface area contributed by atoms with Gasteiger partial charge in [-0.2, -0.15) is 18.3 Å². The van der Waals surface area contributed by atoms with Crippen LogP contribution in [-0.4, -0.2) is 43.2 Å². The van der Waals surface area contributed by atoms with Gasteiger partial charge in [-0.15, -0.1) is 0 Å². The zero-order valence-electron chi connectivity index (χ0n) is 15.2. The Morgan fingerprint density at radius 2 is 1.93 bits per heavy atom. The van der Waals surface area contributed by atoms with Gasteiger partial charge in [-0.3, -0.25) is 14.3 Å². The standard InChI is InChI=1S/C18H20F3N5O2/c19-18(20,21)13-8-12(9-22-10-13)11-25-17(28)26-14(4-3-5-15(26)23-25)16(27)24-6-1-2-7-24/h8-10,14H,1-7,11H2/t14-/m0/s1. The normalized spacial score (nSPS) is 19.7. The fraction of sp³-hybridized carbons (Fsp3) is 0.556. The molecule has 0 saturated carbocycles. The van der Waals surface area contributed by atoms with Crippen molar-refractivity contribution in [1.82, 2.24) is 24.2 Å². The lowest BCUT2D eigenvalue weighted by Crippen LogP contribution is -2.41. The summed E-state index contributed by atoms with van der Waals surface area (Å²) in [6.07, 6.45) is 1.32. The number of carbonyl (C=O) groups excluding carboxylic acids is 1. The summed E-state index contributed by atoms with van der Waals surface area (Å²) in [5.41, 5.74) is -1.11. The van der Waals surface area contributed by atoms with E-state index in [4.69, 9.17) is 0 Å². The van der Waals surface area contributed by atoms with E-state index in [0.717, 1.165) is 36.2 Å². The Bertz CT molecular complexity index is 943. The molecule has 0 bridgehead atoms. The first-order chi connectivity index (χ1) is 13.3. The van der Waals surface area contributed by atoms with Crippen molar-refractivity contribution in [2.75, 3.05) is 13.1 Å². The minimum absolute atomic E-state index is 0.0687. The number of alkyl halides is 3. The molecule has 1 amide bonds. The summed E-state index contributed by atoms with van der Waals surface area (Å²) in [6, 6.07) is 0.382. The highest BCUT2D eigenvalue weighted by Crippen LogP contribution is 2.29. The highest BCUT2D eigenvalue weighted by molar-refractivity contribution is 5.80. The molecule has 0 aliphatic carbocycles. The molecule has 1 saturated heterocycles. The second-order valence-electron chi connectivity index (χ2n) is 7.25. The Hall–Kier alpha value is -2.65. The van der Waals surface area contributed by atoms with Gasteiger partial charge in [0.05, 0.1) is 12.1 Å². The van der Waals surface area contributed by atoms with E-state index in [0.29, 0.717) is 31.8 Å². The van der Waals surface area contributed by atoms with E-state index in [1.54, 1.807) is 4.90 Å². The van der Waals surface area contributed by atoms with E-state index >= 15 is 0 Å². The van der Waals surface area contributed by atoms with Crippen LogP contribution in [0.4, 0.5) is 13.2 Å². The number of hydrogen-bond donors (Lipinski definition) is 0. The van der Waals surface area contributed by atoms with E-state index in [-0.39, 0.29) is 18.0 Å². The fourth-order valence-electron chi connectivity index (χ4n) is 3.92. The van der Waals surface area contributed by atoms with E-state index in [1.165, 1.54) is 10.8 Å². The van der Waals surface area contributed by atoms with Gasteiger partial charge in [-0.1, -0.05) is 0 Å². The molecule has 0 N–H and O–H groups in total. The maximum Gasteiger partial charge on any atom is 0.417 e. The summed E-state index contributed by atoms with van der Waals surface area (Å²) in [6.45, 7) is 1.27. The van der Waals surface area contributed by atoms with Gasteiger partial charge in [-0.05, 0) is 37.3 Å². The summed E-state index contributed by atoms with van der Waals surface area (Å²) in [7, 11) is 0. The van der Waals surface area contributed by atoms with Crippen LogP contribution >= 0.6 is 0 Å². The third-order valence-electron chi connectivity index (χ3n) is 5.29. The first-order valence-corrected chi connectivity index (χ1v) is 9.33. The molecular formula is C18H20F3N5O2. The number of nitrogens with zero attached hydrogens (tertiary/aromatic N) is 5. The van der Waals surface area contributed by atoms with Crippen LogP contribution in [0.1, 0.15) is 48.7 Å². The monoisotopic (exact) mass is 395 g/mol. The first kappa shape index (κ1) is 18.7. The van der Waals surface area contributed by atoms with Gasteiger partial charge in [0.15, 0.2) is 0 Å². The zero-order valence-corrected chi connectivity index (χ0v) is 15.2. The smallest absolute Gasteiger partial charge is 0.341 e. The Kier molecular flexibility index (Phi) is 4.72. The van der Waals surface area contributed by atoms with Crippen LogP contribution < -0.4 is 5.69 Å². The Morgan fingerprint density at radius 1 is 1.18 bits per heavy atom. The van der Waals surface area contributed by atoms with Gasteiger partial charge in [-0.25, -0.2) is 9.48 Å². The van der Waals surface area contributed by atoms with Crippen molar-refractivity contribution in [2.45, 2.75) is 50.9 Å². The van der Waals surface area contributed by atoms with Crippen LogP contribution in [0.3, 0.4) is 0 Å². The lowest BCUT2D eigenvalue weighted by Gasteiger charge is -2.27. The molecule has 2 aliphatic rings. The van der Waals surface area contributed by atoms with E-state index < -0.39 is 23.5 Å². The van der Waals surface area contributed by atoms with Gasteiger partial charge < -0.3 is 4.90 Å². The van der Waals surface area contributed by atoms with Crippen LogP contribution in [0.5, 0.6) is 0 Å². The highest BCUT2D eigenvalue weighted by Gasteiger charge is 2.34. The Morgan fingerprint density at radius 3 is 2.64 bits per heavy atom. The Balaban J connectivity index is 1.63. The molecule has 0 aromatic carbocycles. The van der Waals surface area contributed by atoms with Crippen LogP contribution in [-0.2, 0) is 23.9 Å². The minimum Gasteiger partial charge on any atom is -0.341 e. The molecular weight excluding hydrogens is 375 g/mol. The SMILES string of the molecule is O=C([C@@H]1CCCc2nn(Cc3cncc(C(F)(F)F)c3)c(=O)n21)N1CCCC1. The van der Waals surface area contributed by atoms with Crippen molar-refractivity contribution in [3.63, 3.8) is 0 Å². The molecule has 0 unspecified atom stereocenters. The van der Waals surface area contributed by atoms with Gasteiger partial charge in [0.25, 0.3) is 0 Å². The second kappa shape index (κ2) is 7.06. The molecule has 1 atom stereocenters. The predicted molar refractivity (Wildman–Crippen MR) is 92.6 cm³/mol. The van der Waals surface area contributed by atoms with Gasteiger partial charge >= 0.3 is 11.9 Å². The lowest BCUT2D eigenvalue weighted by atomic mass is 10.0. The fourth-order valence-corrected chi connectivity index (χ4v) is 3.92. The summed E-state index contributed by atoms with van der Waals surface area (Å²) in [4.78, 5) is 31.1. The summed E-state index contributed by atoms with van der Waals surface area (Å²) < 4.78 is 41.2. The molecule has 2 aliphatic heterocycles. The molecule has 4 rings (SSSR count). The third kappa shape index (κ3) is 3.43. The average Bonchev–Trinajstić information content (AvgIpc) is 3.30. The number of hydrogen-bond acceptors (Lipinski definition) is 4. The Labute approximate surface area is 158 Å². The van der Waals surface area contributed by atoms with Crippen molar-refractivity contribution in [3.8, 4) is 0 Å².